The largest absolute Gasteiger partial charge is 0.247 e. The maximum Gasteiger partial charge on any atom is 0.159 e. The molecular formula is C38H27N3. The van der Waals surface area contributed by atoms with Gasteiger partial charge in [-0.2, -0.15) is 0 Å². The first kappa shape index (κ1) is 23.7. The van der Waals surface area contributed by atoms with Crippen LogP contribution in [-0.4, -0.2) is 15.0 Å². The SMILES string of the molecule is CC1(C)c2ccccc2-c2nc3ccccc3c(-c3ccc(-c4ccc(-c5ncccn5)c5ccccc45)cc3)c21. The lowest BCUT2D eigenvalue weighted by atomic mass is 9.78. The van der Waals surface area contributed by atoms with E-state index in [1.54, 1.807) is 12.4 Å². The van der Waals surface area contributed by atoms with Gasteiger partial charge in [-0.05, 0) is 62.4 Å². The number of rotatable bonds is 3. The maximum absolute atomic E-state index is 5.20. The number of hydrogen-bond acceptors (Lipinski definition) is 3. The van der Waals surface area contributed by atoms with Gasteiger partial charge in [-0.1, -0.05) is 111 Å². The van der Waals surface area contributed by atoms with Gasteiger partial charge in [0.2, 0.25) is 0 Å². The molecule has 5 aromatic carbocycles. The van der Waals surface area contributed by atoms with E-state index in [0.717, 1.165) is 28.0 Å². The van der Waals surface area contributed by atoms with Crippen molar-refractivity contribution in [1.29, 1.82) is 0 Å². The minimum atomic E-state index is -0.150. The number of para-hydroxylation sites is 1. The Balaban J connectivity index is 1.31. The third-order valence-corrected chi connectivity index (χ3v) is 8.59. The molecule has 1 aliphatic rings. The van der Waals surface area contributed by atoms with Crippen LogP contribution >= 0.6 is 0 Å². The van der Waals surface area contributed by atoms with E-state index in [-0.39, 0.29) is 5.41 Å². The van der Waals surface area contributed by atoms with E-state index in [9.17, 15) is 0 Å². The first-order chi connectivity index (χ1) is 20.1. The molecule has 0 fully saturated rings. The average molecular weight is 526 g/mol. The van der Waals surface area contributed by atoms with Crippen LogP contribution in [0.25, 0.3) is 66.6 Å². The summed E-state index contributed by atoms with van der Waals surface area (Å²) in [6.07, 6.45) is 3.59. The van der Waals surface area contributed by atoms with Crippen molar-refractivity contribution in [2.75, 3.05) is 0 Å². The Morgan fingerprint density at radius 2 is 1.12 bits per heavy atom. The summed E-state index contributed by atoms with van der Waals surface area (Å²) in [4.78, 5) is 14.2. The lowest BCUT2D eigenvalue weighted by Gasteiger charge is -2.25. The third kappa shape index (κ3) is 3.56. The van der Waals surface area contributed by atoms with Crippen molar-refractivity contribution >= 4 is 21.7 Å². The predicted molar refractivity (Wildman–Crippen MR) is 169 cm³/mol. The highest BCUT2D eigenvalue weighted by molar-refractivity contribution is 6.05. The van der Waals surface area contributed by atoms with Crippen molar-refractivity contribution in [3.05, 3.63) is 139 Å². The van der Waals surface area contributed by atoms with Gasteiger partial charge in [0, 0.05) is 34.3 Å². The molecule has 0 bridgehead atoms. The lowest BCUT2D eigenvalue weighted by Crippen LogP contribution is -2.16. The summed E-state index contributed by atoms with van der Waals surface area (Å²) in [5.41, 5.74) is 11.8. The zero-order valence-corrected chi connectivity index (χ0v) is 23.0. The second kappa shape index (κ2) is 8.94. The summed E-state index contributed by atoms with van der Waals surface area (Å²) in [6, 6.07) is 41.0. The first-order valence-corrected chi connectivity index (χ1v) is 14.0. The molecule has 3 heteroatoms. The Kier molecular flexibility index (Phi) is 5.17. The second-order valence-electron chi connectivity index (χ2n) is 11.3. The molecular weight excluding hydrogens is 498 g/mol. The van der Waals surface area contributed by atoms with Gasteiger partial charge in [0.25, 0.3) is 0 Å². The number of fused-ring (bicyclic) bond motifs is 5. The molecule has 2 heterocycles. The Labute approximate surface area is 239 Å². The van der Waals surface area contributed by atoms with Crippen LogP contribution in [0.4, 0.5) is 0 Å². The Morgan fingerprint density at radius 1 is 0.512 bits per heavy atom. The molecule has 1 aliphatic carbocycles. The van der Waals surface area contributed by atoms with Crippen LogP contribution in [0.2, 0.25) is 0 Å². The Hall–Kier alpha value is -5.15. The van der Waals surface area contributed by atoms with Crippen molar-refractivity contribution < 1.29 is 0 Å². The van der Waals surface area contributed by atoms with E-state index < -0.39 is 0 Å². The highest BCUT2D eigenvalue weighted by Gasteiger charge is 2.39. The van der Waals surface area contributed by atoms with Gasteiger partial charge < -0.3 is 0 Å². The fourth-order valence-electron chi connectivity index (χ4n) is 6.68. The summed E-state index contributed by atoms with van der Waals surface area (Å²) in [5.74, 6) is 0.743. The van der Waals surface area contributed by atoms with Crippen LogP contribution in [-0.2, 0) is 5.41 Å². The zero-order valence-electron chi connectivity index (χ0n) is 23.0. The average Bonchev–Trinajstić information content (AvgIpc) is 3.26. The molecule has 0 amide bonds. The number of aromatic nitrogens is 3. The third-order valence-electron chi connectivity index (χ3n) is 8.59. The molecule has 41 heavy (non-hydrogen) atoms. The minimum Gasteiger partial charge on any atom is -0.247 e. The number of nitrogens with zero attached hydrogens (tertiary/aromatic N) is 3. The molecule has 0 spiro atoms. The van der Waals surface area contributed by atoms with E-state index in [1.807, 2.05) is 6.07 Å². The summed E-state index contributed by atoms with van der Waals surface area (Å²) in [7, 11) is 0. The fourth-order valence-corrected chi connectivity index (χ4v) is 6.68. The van der Waals surface area contributed by atoms with E-state index in [1.165, 1.54) is 49.7 Å². The van der Waals surface area contributed by atoms with Crippen LogP contribution in [0.3, 0.4) is 0 Å². The summed E-state index contributed by atoms with van der Waals surface area (Å²) < 4.78 is 0. The predicted octanol–water partition coefficient (Wildman–Crippen LogP) is 9.49. The molecule has 7 aromatic rings. The van der Waals surface area contributed by atoms with E-state index >= 15 is 0 Å². The normalized spacial score (nSPS) is 13.3. The number of pyridine rings is 1. The smallest absolute Gasteiger partial charge is 0.159 e. The molecule has 0 aliphatic heterocycles. The van der Waals surface area contributed by atoms with Crippen molar-refractivity contribution in [2.24, 2.45) is 0 Å². The summed E-state index contributed by atoms with van der Waals surface area (Å²) in [6.45, 7) is 4.66. The van der Waals surface area contributed by atoms with Crippen molar-refractivity contribution in [3.8, 4) is 44.9 Å². The molecule has 3 nitrogen and oxygen atoms in total. The molecule has 0 saturated carbocycles. The van der Waals surface area contributed by atoms with Crippen molar-refractivity contribution in [2.45, 2.75) is 19.3 Å². The van der Waals surface area contributed by atoms with Gasteiger partial charge in [-0.15, -0.1) is 0 Å². The lowest BCUT2D eigenvalue weighted by molar-refractivity contribution is 0.662. The van der Waals surface area contributed by atoms with Gasteiger partial charge in [0.05, 0.1) is 11.2 Å². The van der Waals surface area contributed by atoms with E-state index in [0.29, 0.717) is 0 Å². The maximum atomic E-state index is 5.20. The highest BCUT2D eigenvalue weighted by atomic mass is 14.9. The van der Waals surface area contributed by atoms with Crippen LogP contribution in [0.15, 0.2) is 128 Å². The Morgan fingerprint density at radius 3 is 1.90 bits per heavy atom. The molecule has 0 unspecified atom stereocenters. The van der Waals surface area contributed by atoms with E-state index in [2.05, 4.69) is 133 Å². The van der Waals surface area contributed by atoms with Crippen LogP contribution in [0, 0.1) is 0 Å². The van der Waals surface area contributed by atoms with Crippen molar-refractivity contribution in [3.63, 3.8) is 0 Å². The first-order valence-electron chi connectivity index (χ1n) is 14.0. The number of benzene rings is 5. The van der Waals surface area contributed by atoms with Crippen LogP contribution in [0.5, 0.6) is 0 Å². The van der Waals surface area contributed by atoms with Crippen LogP contribution < -0.4 is 0 Å². The summed E-state index contributed by atoms with van der Waals surface area (Å²) in [5, 5.41) is 3.53. The topological polar surface area (TPSA) is 38.7 Å². The number of hydrogen-bond donors (Lipinski definition) is 0. The Bertz CT molecular complexity index is 2110. The van der Waals surface area contributed by atoms with Gasteiger partial charge in [0.1, 0.15) is 0 Å². The van der Waals surface area contributed by atoms with Gasteiger partial charge in [-0.3, -0.25) is 0 Å². The molecule has 8 rings (SSSR count). The van der Waals surface area contributed by atoms with Crippen LogP contribution in [0.1, 0.15) is 25.0 Å². The molecule has 0 N–H and O–H groups in total. The van der Waals surface area contributed by atoms with Crippen molar-refractivity contribution in [1.82, 2.24) is 15.0 Å². The van der Waals surface area contributed by atoms with E-state index in [4.69, 9.17) is 4.98 Å². The molecule has 0 radical (unpaired) electrons. The zero-order chi connectivity index (χ0) is 27.6. The molecule has 2 aromatic heterocycles. The molecule has 194 valence electrons. The summed E-state index contributed by atoms with van der Waals surface area (Å²) >= 11 is 0. The monoisotopic (exact) mass is 525 g/mol. The standard InChI is InChI=1S/C38H27N3/c1-38(2)32-14-7-5-12-30(32)36-35(38)34(31-13-6-8-15-33(31)41-36)25-18-16-24(17-19-25)26-20-21-29(37-39-22-9-23-40-37)28-11-4-3-10-27(26)28/h3-23H,1-2H3. The quantitative estimate of drug-likeness (QED) is 0.231. The van der Waals surface area contributed by atoms with Gasteiger partial charge >= 0.3 is 0 Å². The minimum absolute atomic E-state index is 0.150. The molecule has 0 atom stereocenters. The fraction of sp³-hybridized carbons (Fsp3) is 0.0789. The van der Waals surface area contributed by atoms with Gasteiger partial charge in [0.15, 0.2) is 5.82 Å². The molecule has 0 saturated heterocycles. The highest BCUT2D eigenvalue weighted by Crippen LogP contribution is 2.53. The second-order valence-corrected chi connectivity index (χ2v) is 11.3. The van der Waals surface area contributed by atoms with Gasteiger partial charge in [-0.25, -0.2) is 15.0 Å².